The zero-order chi connectivity index (χ0) is 41.7. The predicted octanol–water partition coefficient (Wildman–Crippen LogP) is 16.2. The number of aromatic nitrogens is 3. The number of thiophene rings is 1. The largest absolute Gasteiger partial charge is 0.247 e. The van der Waals surface area contributed by atoms with Crippen LogP contribution in [0.25, 0.3) is 120 Å². The van der Waals surface area contributed by atoms with E-state index in [1.807, 2.05) is 23.5 Å². The first kappa shape index (κ1) is 36.8. The molecule has 0 fully saturated rings. The van der Waals surface area contributed by atoms with Gasteiger partial charge < -0.3 is 0 Å². The van der Waals surface area contributed by atoms with Gasteiger partial charge in [-0.2, -0.15) is 0 Å². The monoisotopic (exact) mass is 819 g/mol. The van der Waals surface area contributed by atoms with Crippen molar-refractivity contribution in [2.75, 3.05) is 0 Å². The van der Waals surface area contributed by atoms with Gasteiger partial charge in [0.2, 0.25) is 0 Å². The Hall–Kier alpha value is -8.05. The van der Waals surface area contributed by atoms with E-state index < -0.39 is 0 Å². The van der Waals surface area contributed by atoms with Crippen molar-refractivity contribution in [3.8, 4) is 78.5 Å². The number of hydrogen-bond acceptors (Lipinski definition) is 4. The Bertz CT molecular complexity index is 3530. The minimum absolute atomic E-state index is 0.680. The molecule has 0 aliphatic carbocycles. The zero-order valence-electron chi connectivity index (χ0n) is 34.1. The molecule has 0 bridgehead atoms. The van der Waals surface area contributed by atoms with E-state index in [4.69, 9.17) is 15.0 Å². The van der Waals surface area contributed by atoms with E-state index in [0.29, 0.717) is 5.82 Å². The maximum atomic E-state index is 5.51. The molecule has 63 heavy (non-hydrogen) atoms. The molecule has 0 spiro atoms. The van der Waals surface area contributed by atoms with E-state index in [0.717, 1.165) is 56.0 Å². The van der Waals surface area contributed by atoms with Crippen LogP contribution in [0.3, 0.4) is 0 Å². The summed E-state index contributed by atoms with van der Waals surface area (Å²) >= 11 is 1.85. The number of hydrogen-bond donors (Lipinski definition) is 0. The van der Waals surface area contributed by atoms with E-state index in [1.54, 1.807) is 0 Å². The average molecular weight is 820 g/mol. The van der Waals surface area contributed by atoms with Gasteiger partial charge >= 0.3 is 0 Å². The Kier molecular flexibility index (Phi) is 9.02. The highest BCUT2D eigenvalue weighted by Crippen LogP contribution is 2.46. The van der Waals surface area contributed by atoms with Crippen molar-refractivity contribution in [3.05, 3.63) is 224 Å². The minimum atomic E-state index is 0.680. The molecule has 12 aromatic rings. The fraction of sp³-hybridized carbons (Fsp3) is 0. The fourth-order valence-electron chi connectivity index (χ4n) is 8.97. The van der Waals surface area contributed by atoms with Crippen LogP contribution in [-0.4, -0.2) is 15.0 Å². The van der Waals surface area contributed by atoms with Gasteiger partial charge in [0.1, 0.15) is 0 Å². The van der Waals surface area contributed by atoms with Crippen molar-refractivity contribution in [2.45, 2.75) is 0 Å². The SMILES string of the molecule is c1ccc(-c2ccc(-c3cc(-c4ccc(-c5ccccc5)cc4)nc(-c4ccc(-c5cccc6nc(-c7cccc8ccccc78)c7c8ccccc8sc7c56)cc4)n3)cc2)cc1. The molecule has 294 valence electrons. The highest BCUT2D eigenvalue weighted by atomic mass is 32.1. The lowest BCUT2D eigenvalue weighted by molar-refractivity contribution is 1.18. The summed E-state index contributed by atoms with van der Waals surface area (Å²) < 4.78 is 2.51. The molecular formula is C59H37N3S. The van der Waals surface area contributed by atoms with Crippen LogP contribution in [0.4, 0.5) is 0 Å². The molecule has 0 saturated heterocycles. The molecule has 0 atom stereocenters. The lowest BCUT2D eigenvalue weighted by Crippen LogP contribution is -1.96. The highest BCUT2D eigenvalue weighted by molar-refractivity contribution is 7.26. The van der Waals surface area contributed by atoms with E-state index >= 15 is 0 Å². The second kappa shape index (κ2) is 15.4. The third-order valence-electron chi connectivity index (χ3n) is 12.1. The molecule has 3 heterocycles. The van der Waals surface area contributed by atoms with Gasteiger partial charge in [0.05, 0.1) is 22.6 Å². The van der Waals surface area contributed by atoms with Crippen LogP contribution in [0, 0.1) is 0 Å². The van der Waals surface area contributed by atoms with Crippen LogP contribution >= 0.6 is 11.3 Å². The molecule has 0 saturated carbocycles. The average Bonchev–Trinajstić information content (AvgIpc) is 3.76. The van der Waals surface area contributed by atoms with Crippen LogP contribution < -0.4 is 0 Å². The van der Waals surface area contributed by atoms with E-state index in [9.17, 15) is 0 Å². The second-order valence-corrected chi connectivity index (χ2v) is 17.0. The number of benzene rings is 9. The number of pyridine rings is 1. The van der Waals surface area contributed by atoms with Crippen LogP contribution in [0.5, 0.6) is 0 Å². The maximum absolute atomic E-state index is 5.51. The predicted molar refractivity (Wildman–Crippen MR) is 266 cm³/mol. The van der Waals surface area contributed by atoms with E-state index in [-0.39, 0.29) is 0 Å². The van der Waals surface area contributed by atoms with Crippen molar-refractivity contribution >= 4 is 53.2 Å². The number of nitrogens with zero attached hydrogens (tertiary/aromatic N) is 3. The van der Waals surface area contributed by atoms with Crippen LogP contribution in [0.1, 0.15) is 0 Å². The first-order valence-corrected chi connectivity index (χ1v) is 22.1. The summed E-state index contributed by atoms with van der Waals surface area (Å²) in [5, 5.41) is 6.02. The normalized spacial score (nSPS) is 11.5. The maximum Gasteiger partial charge on any atom is 0.160 e. The summed E-state index contributed by atoms with van der Waals surface area (Å²) in [6.45, 7) is 0. The van der Waals surface area contributed by atoms with Gasteiger partial charge in [-0.15, -0.1) is 11.3 Å². The van der Waals surface area contributed by atoms with Crippen molar-refractivity contribution < 1.29 is 0 Å². The Balaban J connectivity index is 0.976. The molecule has 0 N–H and O–H groups in total. The van der Waals surface area contributed by atoms with Crippen LogP contribution in [0.2, 0.25) is 0 Å². The molecule has 4 heteroatoms. The van der Waals surface area contributed by atoms with Crippen molar-refractivity contribution in [1.82, 2.24) is 15.0 Å². The molecule has 0 aliphatic rings. The molecular weight excluding hydrogens is 783 g/mol. The summed E-state index contributed by atoms with van der Waals surface area (Å²) in [5.74, 6) is 0.680. The zero-order valence-corrected chi connectivity index (χ0v) is 34.9. The Labute approximate surface area is 369 Å². The molecule has 9 aromatic carbocycles. The van der Waals surface area contributed by atoms with Crippen molar-refractivity contribution in [1.29, 1.82) is 0 Å². The molecule has 0 aliphatic heterocycles. The molecule has 3 nitrogen and oxygen atoms in total. The van der Waals surface area contributed by atoms with Gasteiger partial charge in [0.25, 0.3) is 0 Å². The smallest absolute Gasteiger partial charge is 0.160 e. The third-order valence-corrected chi connectivity index (χ3v) is 13.3. The summed E-state index contributed by atoms with van der Waals surface area (Å²) in [6, 6.07) is 79.6. The molecule has 12 rings (SSSR count). The summed E-state index contributed by atoms with van der Waals surface area (Å²) in [4.78, 5) is 16.0. The summed E-state index contributed by atoms with van der Waals surface area (Å²) in [5.41, 5.74) is 14.9. The van der Waals surface area contributed by atoms with E-state index in [1.165, 1.54) is 58.6 Å². The van der Waals surface area contributed by atoms with Gasteiger partial charge in [-0.3, -0.25) is 0 Å². The molecule has 3 aromatic heterocycles. The quantitative estimate of drug-likeness (QED) is 0.161. The van der Waals surface area contributed by atoms with Gasteiger partial charge in [0.15, 0.2) is 5.82 Å². The first-order valence-electron chi connectivity index (χ1n) is 21.3. The first-order chi connectivity index (χ1) is 31.2. The third kappa shape index (κ3) is 6.65. The van der Waals surface area contributed by atoms with Crippen LogP contribution in [-0.2, 0) is 0 Å². The van der Waals surface area contributed by atoms with Gasteiger partial charge in [-0.25, -0.2) is 15.0 Å². The number of fused-ring (bicyclic) bond motifs is 6. The van der Waals surface area contributed by atoms with Crippen molar-refractivity contribution in [2.24, 2.45) is 0 Å². The Morgan fingerprint density at radius 3 is 1.48 bits per heavy atom. The Morgan fingerprint density at radius 2 is 0.810 bits per heavy atom. The molecule has 0 unspecified atom stereocenters. The van der Waals surface area contributed by atoms with Gasteiger partial charge in [0, 0.05) is 47.8 Å². The lowest BCUT2D eigenvalue weighted by atomic mass is 9.94. The molecule has 0 amide bonds. The standard InChI is InChI=1S/C59H37N3S/c1-3-13-38(14-4-1)40-25-31-44(32-26-40)52-37-53(45-33-27-41(28-34-45)39-15-5-2-6-16-39)62-59(61-52)46-35-29-43(30-36-46)48-21-12-23-51-55(48)58-56(50-20-9-10-24-54(50)63-58)57(60-51)49-22-11-18-42-17-7-8-19-47(42)49/h1-37H. The number of rotatable bonds is 7. The Morgan fingerprint density at radius 1 is 0.317 bits per heavy atom. The topological polar surface area (TPSA) is 38.7 Å². The van der Waals surface area contributed by atoms with Gasteiger partial charge in [-0.1, -0.05) is 206 Å². The van der Waals surface area contributed by atoms with Crippen LogP contribution in [0.15, 0.2) is 224 Å². The second-order valence-electron chi connectivity index (χ2n) is 15.9. The fourth-order valence-corrected chi connectivity index (χ4v) is 10.2. The summed E-state index contributed by atoms with van der Waals surface area (Å²) in [6.07, 6.45) is 0. The van der Waals surface area contributed by atoms with Crippen molar-refractivity contribution in [3.63, 3.8) is 0 Å². The minimum Gasteiger partial charge on any atom is -0.247 e. The van der Waals surface area contributed by atoms with E-state index in [2.05, 4.69) is 212 Å². The molecule has 0 radical (unpaired) electrons. The lowest BCUT2D eigenvalue weighted by Gasteiger charge is -2.14. The summed E-state index contributed by atoms with van der Waals surface area (Å²) in [7, 11) is 0. The van der Waals surface area contributed by atoms with Gasteiger partial charge in [-0.05, 0) is 62.4 Å². The highest BCUT2D eigenvalue weighted by Gasteiger charge is 2.20.